The standard InChI is InChI=1S/C10H10ClN5/c1-7-9(11)13-6-14-10(7)16-4-2-8-12-3-5-15(8)16/h3,5-6H,2,4H2,1H3. The van der Waals surface area contributed by atoms with Gasteiger partial charge in [0.25, 0.3) is 0 Å². The number of anilines is 1. The van der Waals surface area contributed by atoms with Crippen LogP contribution in [0, 0.1) is 6.92 Å². The van der Waals surface area contributed by atoms with E-state index in [4.69, 9.17) is 11.6 Å². The summed E-state index contributed by atoms with van der Waals surface area (Å²) in [7, 11) is 0. The molecule has 0 radical (unpaired) electrons. The average molecular weight is 236 g/mol. The first kappa shape index (κ1) is 9.59. The van der Waals surface area contributed by atoms with Gasteiger partial charge < -0.3 is 0 Å². The van der Waals surface area contributed by atoms with Crippen LogP contribution in [-0.4, -0.2) is 26.2 Å². The zero-order valence-electron chi connectivity index (χ0n) is 8.76. The molecule has 1 aliphatic heterocycles. The summed E-state index contributed by atoms with van der Waals surface area (Å²) in [5, 5.41) is 2.56. The zero-order valence-corrected chi connectivity index (χ0v) is 9.52. The van der Waals surface area contributed by atoms with Crippen molar-refractivity contribution in [1.29, 1.82) is 0 Å². The van der Waals surface area contributed by atoms with Gasteiger partial charge in [0.05, 0.1) is 0 Å². The summed E-state index contributed by atoms with van der Waals surface area (Å²) in [5.74, 6) is 1.89. The number of hydrogen-bond acceptors (Lipinski definition) is 4. The Morgan fingerprint density at radius 2 is 2.19 bits per heavy atom. The van der Waals surface area contributed by atoms with Gasteiger partial charge >= 0.3 is 0 Å². The van der Waals surface area contributed by atoms with Gasteiger partial charge in [-0.3, -0.25) is 5.01 Å². The van der Waals surface area contributed by atoms with E-state index in [9.17, 15) is 0 Å². The second-order valence-electron chi connectivity index (χ2n) is 3.67. The molecule has 5 nitrogen and oxygen atoms in total. The van der Waals surface area contributed by atoms with Crippen molar-refractivity contribution in [3.63, 3.8) is 0 Å². The highest BCUT2D eigenvalue weighted by molar-refractivity contribution is 6.30. The molecule has 0 bridgehead atoms. The lowest BCUT2D eigenvalue weighted by Gasteiger charge is -2.20. The van der Waals surface area contributed by atoms with Crippen molar-refractivity contribution < 1.29 is 0 Å². The quantitative estimate of drug-likeness (QED) is 0.703. The Labute approximate surface area is 97.7 Å². The number of nitrogens with zero attached hydrogens (tertiary/aromatic N) is 5. The number of rotatable bonds is 1. The summed E-state index contributed by atoms with van der Waals surface area (Å²) in [5.41, 5.74) is 0.894. The number of imidazole rings is 1. The maximum absolute atomic E-state index is 5.99. The number of fused-ring (bicyclic) bond motifs is 1. The minimum absolute atomic E-state index is 0.499. The first-order chi connectivity index (χ1) is 7.77. The summed E-state index contributed by atoms with van der Waals surface area (Å²) in [6.07, 6.45) is 6.13. The Hall–Kier alpha value is -1.62. The minimum atomic E-state index is 0.499. The minimum Gasteiger partial charge on any atom is -0.262 e. The van der Waals surface area contributed by atoms with Crippen molar-refractivity contribution in [2.45, 2.75) is 13.3 Å². The number of halogens is 1. The van der Waals surface area contributed by atoms with Crippen molar-refractivity contribution in [3.05, 3.63) is 35.3 Å². The fourth-order valence-electron chi connectivity index (χ4n) is 1.93. The molecule has 6 heteroatoms. The smallest absolute Gasteiger partial charge is 0.155 e. The number of aromatic nitrogens is 4. The van der Waals surface area contributed by atoms with Crippen LogP contribution < -0.4 is 5.01 Å². The summed E-state index contributed by atoms with van der Waals surface area (Å²) in [6, 6.07) is 0. The maximum atomic E-state index is 5.99. The summed E-state index contributed by atoms with van der Waals surface area (Å²) < 4.78 is 2.01. The molecule has 1 aliphatic rings. The zero-order chi connectivity index (χ0) is 11.1. The Balaban J connectivity index is 2.09. The molecule has 0 amide bonds. The Morgan fingerprint density at radius 3 is 3.06 bits per heavy atom. The lowest BCUT2D eigenvalue weighted by molar-refractivity contribution is 0.753. The van der Waals surface area contributed by atoms with Crippen LogP contribution in [0.1, 0.15) is 11.4 Å². The van der Waals surface area contributed by atoms with Crippen LogP contribution in [0.25, 0.3) is 0 Å². The largest absolute Gasteiger partial charge is 0.262 e. The van der Waals surface area contributed by atoms with E-state index in [1.165, 1.54) is 6.33 Å². The fraction of sp³-hybridized carbons (Fsp3) is 0.300. The van der Waals surface area contributed by atoms with Crippen molar-refractivity contribution in [1.82, 2.24) is 19.6 Å². The lowest BCUT2D eigenvalue weighted by Crippen LogP contribution is -2.26. The third-order valence-electron chi connectivity index (χ3n) is 2.74. The molecule has 2 aromatic rings. The topological polar surface area (TPSA) is 46.8 Å². The highest BCUT2D eigenvalue weighted by atomic mass is 35.5. The first-order valence-corrected chi connectivity index (χ1v) is 5.42. The highest BCUT2D eigenvalue weighted by Gasteiger charge is 2.23. The van der Waals surface area contributed by atoms with E-state index in [0.29, 0.717) is 5.15 Å². The van der Waals surface area contributed by atoms with Crippen LogP contribution in [0.2, 0.25) is 5.15 Å². The van der Waals surface area contributed by atoms with Gasteiger partial charge in [0.1, 0.15) is 17.3 Å². The Bertz CT molecular complexity index is 536. The summed E-state index contributed by atoms with van der Waals surface area (Å²) in [6.45, 7) is 2.80. The van der Waals surface area contributed by atoms with E-state index >= 15 is 0 Å². The molecule has 0 spiro atoms. The fourth-order valence-corrected chi connectivity index (χ4v) is 2.06. The van der Waals surface area contributed by atoms with E-state index in [0.717, 1.165) is 30.2 Å². The molecular weight excluding hydrogens is 226 g/mol. The van der Waals surface area contributed by atoms with Gasteiger partial charge in [-0.15, -0.1) is 0 Å². The molecule has 16 heavy (non-hydrogen) atoms. The lowest BCUT2D eigenvalue weighted by atomic mass is 10.3. The molecule has 2 aromatic heterocycles. The van der Waals surface area contributed by atoms with Gasteiger partial charge in [0.2, 0.25) is 0 Å². The van der Waals surface area contributed by atoms with E-state index in [-0.39, 0.29) is 0 Å². The van der Waals surface area contributed by atoms with Gasteiger partial charge in [-0.05, 0) is 6.92 Å². The molecule has 82 valence electrons. The molecule has 0 unspecified atom stereocenters. The third-order valence-corrected chi connectivity index (χ3v) is 3.12. The molecule has 0 saturated heterocycles. The molecule has 0 atom stereocenters. The second kappa shape index (κ2) is 3.45. The van der Waals surface area contributed by atoms with Crippen molar-refractivity contribution in [3.8, 4) is 0 Å². The van der Waals surface area contributed by atoms with Crippen LogP contribution in [0.5, 0.6) is 0 Å². The predicted molar refractivity (Wildman–Crippen MR) is 60.5 cm³/mol. The van der Waals surface area contributed by atoms with Crippen molar-refractivity contribution in [2.24, 2.45) is 0 Å². The van der Waals surface area contributed by atoms with Gasteiger partial charge in [-0.25, -0.2) is 19.6 Å². The van der Waals surface area contributed by atoms with Crippen molar-refractivity contribution in [2.75, 3.05) is 11.6 Å². The second-order valence-corrected chi connectivity index (χ2v) is 4.03. The summed E-state index contributed by atoms with van der Waals surface area (Å²) in [4.78, 5) is 12.5. The van der Waals surface area contributed by atoms with Crippen LogP contribution in [0.15, 0.2) is 18.7 Å². The molecule has 0 saturated carbocycles. The normalized spacial score (nSPS) is 14.2. The molecular formula is C10H10ClN5. The van der Waals surface area contributed by atoms with Crippen LogP contribution in [-0.2, 0) is 6.42 Å². The first-order valence-electron chi connectivity index (χ1n) is 5.04. The van der Waals surface area contributed by atoms with Gasteiger partial charge in [-0.2, -0.15) is 0 Å². The van der Waals surface area contributed by atoms with Crippen LogP contribution >= 0.6 is 11.6 Å². The van der Waals surface area contributed by atoms with Gasteiger partial charge in [-0.1, -0.05) is 11.6 Å². The van der Waals surface area contributed by atoms with Gasteiger partial charge in [0.15, 0.2) is 5.82 Å². The monoisotopic (exact) mass is 235 g/mol. The van der Waals surface area contributed by atoms with Crippen LogP contribution in [0.3, 0.4) is 0 Å². The SMILES string of the molecule is Cc1c(Cl)ncnc1N1CCc2nccn21. The molecule has 3 rings (SSSR count). The molecule has 0 fully saturated rings. The molecule has 0 aliphatic carbocycles. The van der Waals surface area contributed by atoms with E-state index in [1.807, 2.05) is 17.8 Å². The Kier molecular flexibility index (Phi) is 2.07. The van der Waals surface area contributed by atoms with E-state index < -0.39 is 0 Å². The van der Waals surface area contributed by atoms with Gasteiger partial charge in [0, 0.05) is 30.9 Å². The van der Waals surface area contributed by atoms with E-state index in [2.05, 4.69) is 20.0 Å². The highest BCUT2D eigenvalue weighted by Crippen LogP contribution is 2.25. The number of hydrogen-bond donors (Lipinski definition) is 0. The van der Waals surface area contributed by atoms with Crippen molar-refractivity contribution >= 4 is 17.4 Å². The average Bonchev–Trinajstić information content (AvgIpc) is 2.84. The molecule has 3 heterocycles. The summed E-state index contributed by atoms with van der Waals surface area (Å²) >= 11 is 5.99. The Morgan fingerprint density at radius 1 is 1.31 bits per heavy atom. The predicted octanol–water partition coefficient (Wildman–Crippen LogP) is 1.46. The van der Waals surface area contributed by atoms with E-state index in [1.54, 1.807) is 6.20 Å². The molecule has 0 N–H and O–H groups in total. The van der Waals surface area contributed by atoms with Crippen LogP contribution in [0.4, 0.5) is 5.82 Å². The maximum Gasteiger partial charge on any atom is 0.155 e. The molecule has 0 aromatic carbocycles. The third kappa shape index (κ3) is 1.28.